The first kappa shape index (κ1) is 16.7. The molecule has 0 spiro atoms. The summed E-state index contributed by atoms with van der Waals surface area (Å²) in [7, 11) is 0. The first-order chi connectivity index (χ1) is 10.6. The van der Waals surface area contributed by atoms with E-state index in [1.54, 1.807) is 35.6 Å². The van der Waals surface area contributed by atoms with Crippen LogP contribution in [0.25, 0.3) is 6.08 Å². The standard InChI is InChI=1S/C17H19ClN2OS/c1-13-12-22-17(20-13)4-2-3-11-19-16(21)10-7-14-5-8-15(18)9-6-14/h5-10,12H,2-4,11H2,1H3,(H,19,21)/b10-7+. The Bertz CT molecular complexity index is 634. The van der Waals surface area contributed by atoms with Gasteiger partial charge >= 0.3 is 0 Å². The zero-order chi connectivity index (χ0) is 15.8. The van der Waals surface area contributed by atoms with Gasteiger partial charge in [-0.1, -0.05) is 23.7 Å². The molecule has 22 heavy (non-hydrogen) atoms. The summed E-state index contributed by atoms with van der Waals surface area (Å²) in [5, 5.41) is 6.82. The van der Waals surface area contributed by atoms with Crippen molar-refractivity contribution in [3.05, 3.63) is 57.0 Å². The molecular formula is C17H19ClN2OS. The van der Waals surface area contributed by atoms with E-state index < -0.39 is 0 Å². The summed E-state index contributed by atoms with van der Waals surface area (Å²) in [6, 6.07) is 7.36. The van der Waals surface area contributed by atoms with Crippen LogP contribution in [0.2, 0.25) is 5.02 Å². The van der Waals surface area contributed by atoms with Gasteiger partial charge in [-0.15, -0.1) is 11.3 Å². The number of amides is 1. The Kier molecular flexibility index (Phi) is 6.62. The molecule has 0 saturated heterocycles. The van der Waals surface area contributed by atoms with Gasteiger partial charge in [0.25, 0.3) is 0 Å². The number of hydrogen-bond acceptors (Lipinski definition) is 3. The molecule has 0 aliphatic carbocycles. The quantitative estimate of drug-likeness (QED) is 0.607. The average molecular weight is 335 g/mol. The summed E-state index contributed by atoms with van der Waals surface area (Å²) in [6.07, 6.45) is 6.31. The maximum absolute atomic E-state index is 11.7. The van der Waals surface area contributed by atoms with Crippen molar-refractivity contribution in [3.8, 4) is 0 Å². The van der Waals surface area contributed by atoms with Crippen LogP contribution in [0.3, 0.4) is 0 Å². The van der Waals surface area contributed by atoms with Crippen LogP contribution in [0.5, 0.6) is 0 Å². The molecule has 0 saturated carbocycles. The molecule has 2 aromatic rings. The lowest BCUT2D eigenvalue weighted by Gasteiger charge is -2.01. The SMILES string of the molecule is Cc1csc(CCCCNC(=O)/C=C/c2ccc(Cl)cc2)n1. The van der Waals surface area contributed by atoms with Gasteiger partial charge in [0.1, 0.15) is 0 Å². The number of thiazole rings is 1. The predicted octanol–water partition coefficient (Wildman–Crippen LogP) is 4.26. The minimum atomic E-state index is -0.0694. The first-order valence-corrected chi connectivity index (χ1v) is 8.52. The smallest absolute Gasteiger partial charge is 0.243 e. The van der Waals surface area contributed by atoms with Crippen molar-refractivity contribution in [2.45, 2.75) is 26.2 Å². The molecular weight excluding hydrogens is 316 g/mol. The first-order valence-electron chi connectivity index (χ1n) is 7.26. The highest BCUT2D eigenvalue weighted by molar-refractivity contribution is 7.09. The maximum atomic E-state index is 11.7. The highest BCUT2D eigenvalue weighted by Gasteiger charge is 1.99. The van der Waals surface area contributed by atoms with Gasteiger partial charge in [-0.25, -0.2) is 4.98 Å². The average Bonchev–Trinajstić information content (AvgIpc) is 2.92. The largest absolute Gasteiger partial charge is 0.353 e. The Hall–Kier alpha value is -1.65. The Morgan fingerprint density at radius 2 is 2.09 bits per heavy atom. The third-order valence-electron chi connectivity index (χ3n) is 3.08. The second kappa shape index (κ2) is 8.71. The lowest BCUT2D eigenvalue weighted by atomic mass is 10.2. The maximum Gasteiger partial charge on any atom is 0.243 e. The van der Waals surface area contributed by atoms with Crippen LogP contribution in [0.15, 0.2) is 35.7 Å². The number of aryl methyl sites for hydroxylation is 2. The van der Waals surface area contributed by atoms with Crippen LogP contribution in [0.4, 0.5) is 0 Å². The molecule has 0 atom stereocenters. The van der Waals surface area contributed by atoms with Crippen molar-refractivity contribution in [1.82, 2.24) is 10.3 Å². The monoisotopic (exact) mass is 334 g/mol. The Morgan fingerprint density at radius 3 is 2.77 bits per heavy atom. The van der Waals surface area contributed by atoms with Gasteiger partial charge in [0, 0.05) is 28.7 Å². The molecule has 1 N–H and O–H groups in total. The molecule has 1 aromatic carbocycles. The van der Waals surface area contributed by atoms with Crippen molar-refractivity contribution >= 4 is 34.9 Å². The minimum absolute atomic E-state index is 0.0694. The van der Waals surface area contributed by atoms with E-state index in [-0.39, 0.29) is 5.91 Å². The fourth-order valence-corrected chi connectivity index (χ4v) is 2.88. The second-order valence-electron chi connectivity index (χ2n) is 5.02. The third kappa shape index (κ3) is 6.00. The van der Waals surface area contributed by atoms with Crippen LogP contribution in [0.1, 0.15) is 29.1 Å². The summed E-state index contributed by atoms with van der Waals surface area (Å²) >= 11 is 7.51. The molecule has 0 unspecified atom stereocenters. The van der Waals surface area contributed by atoms with Crippen molar-refractivity contribution in [3.63, 3.8) is 0 Å². The molecule has 1 amide bonds. The molecule has 0 aliphatic rings. The van der Waals surface area contributed by atoms with Gasteiger partial charge in [0.15, 0.2) is 0 Å². The summed E-state index contributed by atoms with van der Waals surface area (Å²) in [5.41, 5.74) is 2.04. The molecule has 1 aromatic heterocycles. The summed E-state index contributed by atoms with van der Waals surface area (Å²) in [6.45, 7) is 2.70. The molecule has 0 radical (unpaired) electrons. The number of carbonyl (C=O) groups is 1. The fourth-order valence-electron chi connectivity index (χ4n) is 1.94. The van der Waals surface area contributed by atoms with Crippen LogP contribution in [-0.2, 0) is 11.2 Å². The number of nitrogens with zero attached hydrogens (tertiary/aromatic N) is 1. The topological polar surface area (TPSA) is 42.0 Å². The van der Waals surface area contributed by atoms with Gasteiger partial charge in [0.05, 0.1) is 5.01 Å². The molecule has 3 nitrogen and oxygen atoms in total. The van der Waals surface area contributed by atoms with Crippen molar-refractivity contribution in [2.75, 3.05) is 6.54 Å². The Balaban J connectivity index is 1.62. The van der Waals surface area contributed by atoms with Crippen molar-refractivity contribution in [1.29, 1.82) is 0 Å². The third-order valence-corrected chi connectivity index (χ3v) is 4.36. The zero-order valence-electron chi connectivity index (χ0n) is 12.5. The van der Waals surface area contributed by atoms with Crippen LogP contribution >= 0.6 is 22.9 Å². The molecule has 1 heterocycles. The predicted molar refractivity (Wildman–Crippen MR) is 93.3 cm³/mol. The van der Waals surface area contributed by atoms with Gasteiger partial charge in [0.2, 0.25) is 5.91 Å². The van der Waals surface area contributed by atoms with Crippen LogP contribution in [-0.4, -0.2) is 17.4 Å². The molecule has 116 valence electrons. The lowest BCUT2D eigenvalue weighted by molar-refractivity contribution is -0.116. The summed E-state index contributed by atoms with van der Waals surface area (Å²) in [4.78, 5) is 16.1. The fraction of sp³-hybridized carbons (Fsp3) is 0.294. The lowest BCUT2D eigenvalue weighted by Crippen LogP contribution is -2.22. The number of hydrogen-bond donors (Lipinski definition) is 1. The molecule has 2 rings (SSSR count). The van der Waals surface area contributed by atoms with Crippen molar-refractivity contribution < 1.29 is 4.79 Å². The summed E-state index contributed by atoms with van der Waals surface area (Å²) < 4.78 is 0. The van der Waals surface area contributed by atoms with E-state index in [0.29, 0.717) is 11.6 Å². The van der Waals surface area contributed by atoms with Crippen LogP contribution < -0.4 is 5.32 Å². The number of carbonyl (C=O) groups excluding carboxylic acids is 1. The van der Waals surface area contributed by atoms with E-state index in [0.717, 1.165) is 30.5 Å². The normalized spacial score (nSPS) is 11.0. The number of unbranched alkanes of at least 4 members (excludes halogenated alkanes) is 1. The summed E-state index contributed by atoms with van der Waals surface area (Å²) in [5.74, 6) is -0.0694. The van der Waals surface area contributed by atoms with Gasteiger partial charge in [-0.3, -0.25) is 4.79 Å². The molecule has 0 fully saturated rings. The number of aromatic nitrogens is 1. The van der Waals surface area contributed by atoms with E-state index in [1.165, 1.54) is 5.01 Å². The van der Waals surface area contributed by atoms with E-state index in [1.807, 2.05) is 19.1 Å². The highest BCUT2D eigenvalue weighted by atomic mass is 35.5. The zero-order valence-corrected chi connectivity index (χ0v) is 14.1. The van der Waals surface area contributed by atoms with Gasteiger partial charge < -0.3 is 5.32 Å². The number of halogens is 1. The Labute approximate surface area is 140 Å². The van der Waals surface area contributed by atoms with Crippen LogP contribution in [0, 0.1) is 6.92 Å². The van der Waals surface area contributed by atoms with Gasteiger partial charge in [-0.2, -0.15) is 0 Å². The molecule has 5 heteroatoms. The van der Waals surface area contributed by atoms with E-state index in [4.69, 9.17) is 11.6 Å². The number of nitrogens with one attached hydrogen (secondary N) is 1. The number of rotatable bonds is 7. The number of benzene rings is 1. The Morgan fingerprint density at radius 1 is 1.32 bits per heavy atom. The van der Waals surface area contributed by atoms with E-state index in [2.05, 4.69) is 15.7 Å². The second-order valence-corrected chi connectivity index (χ2v) is 6.39. The minimum Gasteiger partial charge on any atom is -0.353 e. The van der Waals surface area contributed by atoms with Crippen molar-refractivity contribution in [2.24, 2.45) is 0 Å². The van der Waals surface area contributed by atoms with E-state index in [9.17, 15) is 4.79 Å². The van der Waals surface area contributed by atoms with Gasteiger partial charge in [-0.05, 0) is 50.0 Å². The highest BCUT2D eigenvalue weighted by Crippen LogP contribution is 2.12. The molecule has 0 bridgehead atoms. The molecule has 0 aliphatic heterocycles. The van der Waals surface area contributed by atoms with E-state index >= 15 is 0 Å².